The fraction of sp³-hybridized carbons (Fsp3) is 0.529. The second kappa shape index (κ2) is 6.17. The Bertz CT molecular complexity index is 402. The lowest BCUT2D eigenvalue weighted by Gasteiger charge is -2.24. The average molecular weight is 248 g/mol. The van der Waals surface area contributed by atoms with Crippen LogP contribution >= 0.6 is 0 Å². The van der Waals surface area contributed by atoms with E-state index < -0.39 is 5.67 Å². The van der Waals surface area contributed by atoms with Gasteiger partial charge in [-0.15, -0.1) is 0 Å². The molecule has 0 heterocycles. The Hall–Kier alpha value is -1.11. The molecule has 18 heavy (non-hydrogen) atoms. The molecule has 1 rings (SSSR count). The summed E-state index contributed by atoms with van der Waals surface area (Å²) in [6.45, 7) is 11.7. The van der Waals surface area contributed by atoms with Gasteiger partial charge in [-0.05, 0) is 42.4 Å². The van der Waals surface area contributed by atoms with Crippen LogP contribution in [0.2, 0.25) is 0 Å². The van der Waals surface area contributed by atoms with Crippen molar-refractivity contribution >= 4 is 0 Å². The summed E-state index contributed by atoms with van der Waals surface area (Å²) in [7, 11) is 0. The smallest absolute Gasteiger partial charge is 0.151 e. The molecular formula is C17H25F. The van der Waals surface area contributed by atoms with Crippen LogP contribution < -0.4 is 0 Å². The minimum absolute atomic E-state index is 0.428. The first kappa shape index (κ1) is 14.9. The van der Waals surface area contributed by atoms with Gasteiger partial charge in [0.2, 0.25) is 0 Å². The topological polar surface area (TPSA) is 0 Å². The Labute approximate surface area is 111 Å². The molecular weight excluding hydrogens is 223 g/mol. The van der Waals surface area contributed by atoms with Crippen molar-refractivity contribution < 1.29 is 4.39 Å². The van der Waals surface area contributed by atoms with Gasteiger partial charge >= 0.3 is 0 Å². The molecule has 1 atom stereocenters. The summed E-state index contributed by atoms with van der Waals surface area (Å²) in [5.74, 6) is 0.428. The SMILES string of the molecule is C=CC(C)(F)c1cccc(C(C)C)c1CCCC. The van der Waals surface area contributed by atoms with Crippen molar-refractivity contribution in [3.63, 3.8) is 0 Å². The van der Waals surface area contributed by atoms with Crippen LogP contribution in [0.1, 0.15) is 63.1 Å². The maximum absolute atomic E-state index is 14.6. The highest BCUT2D eigenvalue weighted by atomic mass is 19.1. The molecule has 0 nitrogen and oxygen atoms in total. The molecule has 0 saturated heterocycles. The molecule has 0 fully saturated rings. The first-order valence-corrected chi connectivity index (χ1v) is 6.88. The molecule has 0 amide bonds. The lowest BCUT2D eigenvalue weighted by atomic mass is 9.84. The van der Waals surface area contributed by atoms with Gasteiger partial charge in [-0.1, -0.05) is 58.0 Å². The van der Waals surface area contributed by atoms with E-state index in [2.05, 4.69) is 33.4 Å². The summed E-state index contributed by atoms with van der Waals surface area (Å²) in [6.07, 6.45) is 4.59. The number of halogens is 1. The second-order valence-corrected chi connectivity index (χ2v) is 5.41. The fourth-order valence-corrected chi connectivity index (χ4v) is 2.35. The summed E-state index contributed by atoms with van der Waals surface area (Å²) >= 11 is 0. The van der Waals surface area contributed by atoms with Crippen molar-refractivity contribution in [2.24, 2.45) is 0 Å². The van der Waals surface area contributed by atoms with Crippen LogP contribution in [0.5, 0.6) is 0 Å². The van der Waals surface area contributed by atoms with E-state index in [1.165, 1.54) is 17.2 Å². The molecule has 0 radical (unpaired) electrons. The molecule has 0 aromatic heterocycles. The maximum atomic E-state index is 14.6. The van der Waals surface area contributed by atoms with Crippen LogP contribution in [0, 0.1) is 0 Å². The van der Waals surface area contributed by atoms with Crippen LogP contribution in [0.15, 0.2) is 30.9 Å². The van der Waals surface area contributed by atoms with E-state index in [1.54, 1.807) is 6.92 Å². The van der Waals surface area contributed by atoms with Crippen LogP contribution in [0.4, 0.5) is 4.39 Å². The van der Waals surface area contributed by atoms with Gasteiger partial charge in [0.1, 0.15) is 0 Å². The Balaban J connectivity index is 3.32. The molecule has 0 spiro atoms. The van der Waals surface area contributed by atoms with E-state index in [9.17, 15) is 4.39 Å². The predicted molar refractivity (Wildman–Crippen MR) is 77.8 cm³/mol. The lowest BCUT2D eigenvalue weighted by Crippen LogP contribution is -2.16. The molecule has 0 aliphatic rings. The normalized spacial score (nSPS) is 14.6. The number of allylic oxidation sites excluding steroid dienone is 1. The van der Waals surface area contributed by atoms with Gasteiger partial charge < -0.3 is 0 Å². The number of benzene rings is 1. The third-order valence-electron chi connectivity index (χ3n) is 3.52. The van der Waals surface area contributed by atoms with Gasteiger partial charge in [-0.25, -0.2) is 4.39 Å². The quantitative estimate of drug-likeness (QED) is 0.581. The van der Waals surface area contributed by atoms with Gasteiger partial charge in [0.25, 0.3) is 0 Å². The number of rotatable bonds is 6. The van der Waals surface area contributed by atoms with E-state index in [0.717, 1.165) is 24.8 Å². The van der Waals surface area contributed by atoms with Crippen molar-refractivity contribution in [1.82, 2.24) is 0 Å². The third kappa shape index (κ3) is 3.22. The zero-order valence-corrected chi connectivity index (χ0v) is 12.1. The lowest BCUT2D eigenvalue weighted by molar-refractivity contribution is 0.262. The summed E-state index contributed by atoms with van der Waals surface area (Å²) in [4.78, 5) is 0. The van der Waals surface area contributed by atoms with E-state index in [4.69, 9.17) is 0 Å². The highest BCUT2D eigenvalue weighted by molar-refractivity contribution is 5.42. The molecule has 1 aromatic carbocycles. The fourth-order valence-electron chi connectivity index (χ4n) is 2.35. The van der Waals surface area contributed by atoms with Crippen LogP contribution in [0.25, 0.3) is 0 Å². The molecule has 0 N–H and O–H groups in total. The van der Waals surface area contributed by atoms with Crippen LogP contribution in [-0.2, 0) is 12.1 Å². The van der Waals surface area contributed by atoms with Gasteiger partial charge in [-0.3, -0.25) is 0 Å². The third-order valence-corrected chi connectivity index (χ3v) is 3.52. The van der Waals surface area contributed by atoms with Gasteiger partial charge in [0.05, 0.1) is 0 Å². The minimum atomic E-state index is -1.44. The molecule has 100 valence electrons. The van der Waals surface area contributed by atoms with Crippen LogP contribution in [0.3, 0.4) is 0 Å². The number of hydrogen-bond donors (Lipinski definition) is 0. The first-order chi connectivity index (χ1) is 8.44. The Morgan fingerprint density at radius 1 is 1.39 bits per heavy atom. The molecule has 0 saturated carbocycles. The minimum Gasteiger partial charge on any atom is -0.234 e. The van der Waals surface area contributed by atoms with Crippen molar-refractivity contribution in [1.29, 1.82) is 0 Å². The molecule has 0 aliphatic heterocycles. The number of unbranched alkanes of at least 4 members (excludes halogenated alkanes) is 1. The summed E-state index contributed by atoms with van der Waals surface area (Å²) in [6, 6.07) is 5.98. The monoisotopic (exact) mass is 248 g/mol. The molecule has 1 aromatic rings. The summed E-state index contributed by atoms with van der Waals surface area (Å²) in [5.41, 5.74) is 1.80. The molecule has 0 aliphatic carbocycles. The Morgan fingerprint density at radius 2 is 2.06 bits per heavy atom. The summed E-state index contributed by atoms with van der Waals surface area (Å²) in [5, 5.41) is 0. The maximum Gasteiger partial charge on any atom is 0.151 e. The highest BCUT2D eigenvalue weighted by Crippen LogP contribution is 2.34. The predicted octanol–water partition coefficient (Wildman–Crippen LogP) is 5.52. The summed E-state index contributed by atoms with van der Waals surface area (Å²) < 4.78 is 14.6. The van der Waals surface area contributed by atoms with E-state index in [0.29, 0.717) is 5.92 Å². The van der Waals surface area contributed by atoms with Crippen LogP contribution in [-0.4, -0.2) is 0 Å². The van der Waals surface area contributed by atoms with E-state index >= 15 is 0 Å². The zero-order valence-electron chi connectivity index (χ0n) is 12.1. The van der Waals surface area contributed by atoms with Crippen molar-refractivity contribution in [3.05, 3.63) is 47.5 Å². The van der Waals surface area contributed by atoms with Crippen molar-refractivity contribution in [2.45, 2.75) is 58.5 Å². The second-order valence-electron chi connectivity index (χ2n) is 5.41. The first-order valence-electron chi connectivity index (χ1n) is 6.88. The van der Waals surface area contributed by atoms with Crippen molar-refractivity contribution in [2.75, 3.05) is 0 Å². The zero-order chi connectivity index (χ0) is 13.8. The molecule has 1 unspecified atom stereocenters. The number of alkyl halides is 1. The van der Waals surface area contributed by atoms with Crippen molar-refractivity contribution in [3.8, 4) is 0 Å². The van der Waals surface area contributed by atoms with E-state index in [1.807, 2.05) is 12.1 Å². The van der Waals surface area contributed by atoms with E-state index in [-0.39, 0.29) is 0 Å². The largest absolute Gasteiger partial charge is 0.234 e. The molecule has 1 heteroatoms. The highest BCUT2D eigenvalue weighted by Gasteiger charge is 2.26. The van der Waals surface area contributed by atoms with Gasteiger partial charge in [0, 0.05) is 0 Å². The van der Waals surface area contributed by atoms with Gasteiger partial charge in [-0.2, -0.15) is 0 Å². The average Bonchev–Trinajstić information content (AvgIpc) is 2.35. The van der Waals surface area contributed by atoms with Gasteiger partial charge in [0.15, 0.2) is 5.67 Å². The Morgan fingerprint density at radius 3 is 2.56 bits per heavy atom. The Kier molecular flexibility index (Phi) is 5.13. The number of hydrogen-bond acceptors (Lipinski definition) is 0. The molecule has 0 bridgehead atoms. The standard InChI is InChI=1S/C17H25F/c1-6-8-10-15-14(13(3)4)11-9-12-16(15)17(5,18)7-2/h7,9,11-13H,2,6,8,10H2,1,3-5H3.